The number of amides is 1. The van der Waals surface area contributed by atoms with Crippen molar-refractivity contribution in [3.8, 4) is 5.75 Å². The van der Waals surface area contributed by atoms with Gasteiger partial charge in [-0.1, -0.05) is 23.7 Å². The summed E-state index contributed by atoms with van der Waals surface area (Å²) in [5.74, 6) is 1.45. The number of aromatic nitrogens is 2. The summed E-state index contributed by atoms with van der Waals surface area (Å²) in [6.07, 6.45) is 2.83. The number of nitrogens with one attached hydrogen (secondary N) is 2. The van der Waals surface area contributed by atoms with E-state index in [0.717, 1.165) is 18.4 Å². The molecule has 0 aliphatic carbocycles. The summed E-state index contributed by atoms with van der Waals surface area (Å²) in [4.78, 5) is 23.4. The van der Waals surface area contributed by atoms with Crippen molar-refractivity contribution in [2.24, 2.45) is 0 Å². The molecule has 238 valence electrons. The Kier molecular flexibility index (Phi) is 10.3. The Bertz CT molecular complexity index is 1600. The maximum Gasteiger partial charge on any atom is 0.410 e. The number of likely N-dealkylation sites (tertiary alicyclic amines) is 1. The predicted molar refractivity (Wildman–Crippen MR) is 175 cm³/mol. The standard InChI is InChI=1S/C32H42ClN5O5S/c1-8-42-27-18-23(22-13-15-38(16-14-22)31(39)43-32(5,6)7)21(4)17-26(27)36-30-34-19-24(33)29(37-30)35-25-11-9-10-12-28(25)44(40,41)20(2)3/h9-12,17-20,22H,8,13-16H2,1-7H3,(H2,34,35,36,37). The molecule has 1 aliphatic rings. The first-order valence-electron chi connectivity index (χ1n) is 14.8. The lowest BCUT2D eigenvalue weighted by atomic mass is 9.86. The first-order chi connectivity index (χ1) is 20.7. The molecule has 44 heavy (non-hydrogen) atoms. The van der Waals surface area contributed by atoms with Gasteiger partial charge in [-0.15, -0.1) is 0 Å². The molecule has 1 saturated heterocycles. The van der Waals surface area contributed by atoms with Crippen molar-refractivity contribution < 1.29 is 22.7 Å². The molecule has 10 nitrogen and oxygen atoms in total. The minimum atomic E-state index is -3.55. The number of hydrogen-bond donors (Lipinski definition) is 2. The molecule has 4 rings (SSSR count). The van der Waals surface area contributed by atoms with Gasteiger partial charge in [0.15, 0.2) is 15.7 Å². The number of anilines is 4. The fourth-order valence-corrected chi connectivity index (χ4v) is 6.39. The molecule has 1 aromatic heterocycles. The topological polar surface area (TPSA) is 123 Å². The molecule has 0 spiro atoms. The highest BCUT2D eigenvalue weighted by molar-refractivity contribution is 7.92. The number of sulfone groups is 1. The zero-order valence-electron chi connectivity index (χ0n) is 26.4. The number of carbonyl (C=O) groups is 1. The third kappa shape index (κ3) is 7.92. The Morgan fingerprint density at radius 1 is 1.11 bits per heavy atom. The summed E-state index contributed by atoms with van der Waals surface area (Å²) in [7, 11) is -3.55. The molecular formula is C32H42ClN5O5S. The van der Waals surface area contributed by atoms with Crippen LogP contribution >= 0.6 is 11.6 Å². The quantitative estimate of drug-likeness (QED) is 0.242. The highest BCUT2D eigenvalue weighted by Crippen LogP contribution is 2.38. The Labute approximate surface area is 265 Å². The van der Waals surface area contributed by atoms with Gasteiger partial charge in [0.25, 0.3) is 0 Å². The van der Waals surface area contributed by atoms with E-state index in [1.807, 2.05) is 33.8 Å². The second-order valence-electron chi connectivity index (χ2n) is 12.1. The van der Waals surface area contributed by atoms with Crippen molar-refractivity contribution in [2.75, 3.05) is 30.3 Å². The van der Waals surface area contributed by atoms with Gasteiger partial charge in [0.2, 0.25) is 5.95 Å². The van der Waals surface area contributed by atoms with Crippen molar-refractivity contribution in [3.05, 3.63) is 58.7 Å². The number of halogens is 1. The van der Waals surface area contributed by atoms with E-state index < -0.39 is 20.7 Å². The molecule has 0 atom stereocenters. The van der Waals surface area contributed by atoms with E-state index in [-0.39, 0.29) is 33.7 Å². The molecule has 1 amide bonds. The number of piperidine rings is 1. The largest absolute Gasteiger partial charge is 0.492 e. The van der Waals surface area contributed by atoms with Crippen molar-refractivity contribution in [2.45, 2.75) is 83.0 Å². The number of ether oxygens (including phenoxy) is 2. The van der Waals surface area contributed by atoms with Crippen molar-refractivity contribution in [1.82, 2.24) is 14.9 Å². The van der Waals surface area contributed by atoms with E-state index in [4.69, 9.17) is 21.1 Å². The Balaban J connectivity index is 1.55. The van der Waals surface area contributed by atoms with Crippen LogP contribution in [-0.4, -0.2) is 59.9 Å². The first kappa shape index (κ1) is 33.3. The van der Waals surface area contributed by atoms with Crippen LogP contribution in [0.5, 0.6) is 5.75 Å². The first-order valence-corrected chi connectivity index (χ1v) is 16.8. The normalized spacial score (nSPS) is 14.4. The lowest BCUT2D eigenvalue weighted by Crippen LogP contribution is -2.41. The van der Waals surface area contributed by atoms with Crippen LogP contribution in [0.2, 0.25) is 5.02 Å². The molecule has 2 N–H and O–H groups in total. The van der Waals surface area contributed by atoms with Crippen LogP contribution in [0.15, 0.2) is 47.5 Å². The van der Waals surface area contributed by atoms with Gasteiger partial charge >= 0.3 is 6.09 Å². The van der Waals surface area contributed by atoms with Crippen molar-refractivity contribution in [1.29, 1.82) is 0 Å². The van der Waals surface area contributed by atoms with Gasteiger partial charge in [-0.25, -0.2) is 18.2 Å². The van der Waals surface area contributed by atoms with E-state index in [1.54, 1.807) is 43.0 Å². The van der Waals surface area contributed by atoms with Crippen LogP contribution in [0.25, 0.3) is 0 Å². The number of aryl methyl sites for hydroxylation is 1. The highest BCUT2D eigenvalue weighted by Gasteiger charge is 2.29. The minimum absolute atomic E-state index is 0.168. The zero-order chi connectivity index (χ0) is 32.2. The van der Waals surface area contributed by atoms with Crippen LogP contribution in [-0.2, 0) is 14.6 Å². The summed E-state index contributed by atoms with van der Waals surface area (Å²) >= 11 is 6.43. The Morgan fingerprint density at radius 2 is 1.80 bits per heavy atom. The minimum Gasteiger partial charge on any atom is -0.492 e. The molecule has 0 radical (unpaired) electrons. The summed E-state index contributed by atoms with van der Waals surface area (Å²) in [5, 5.41) is 5.98. The Hall–Kier alpha value is -3.57. The summed E-state index contributed by atoms with van der Waals surface area (Å²) in [5.41, 5.74) is 2.79. The van der Waals surface area contributed by atoms with Crippen LogP contribution in [0.3, 0.4) is 0 Å². The van der Waals surface area contributed by atoms with E-state index >= 15 is 0 Å². The summed E-state index contributed by atoms with van der Waals surface area (Å²) in [6, 6.07) is 10.7. The number of benzene rings is 2. The van der Waals surface area contributed by atoms with E-state index in [0.29, 0.717) is 36.8 Å². The van der Waals surface area contributed by atoms with Gasteiger partial charge in [0, 0.05) is 13.1 Å². The van der Waals surface area contributed by atoms with Gasteiger partial charge < -0.3 is 25.0 Å². The fourth-order valence-electron chi connectivity index (χ4n) is 5.05. The molecule has 1 fully saturated rings. The molecule has 3 aromatic rings. The maximum absolute atomic E-state index is 12.9. The van der Waals surface area contributed by atoms with Gasteiger partial charge in [-0.3, -0.25) is 0 Å². The van der Waals surface area contributed by atoms with Crippen LogP contribution in [0, 0.1) is 6.92 Å². The van der Waals surface area contributed by atoms with Gasteiger partial charge in [0.05, 0.1) is 34.3 Å². The molecule has 12 heteroatoms. The van der Waals surface area contributed by atoms with Gasteiger partial charge in [-0.05, 0) is 103 Å². The maximum atomic E-state index is 12.9. The van der Waals surface area contributed by atoms with E-state index in [1.165, 1.54) is 11.8 Å². The molecule has 0 saturated carbocycles. The van der Waals surface area contributed by atoms with Crippen molar-refractivity contribution >= 4 is 50.7 Å². The van der Waals surface area contributed by atoms with Crippen LogP contribution < -0.4 is 15.4 Å². The lowest BCUT2D eigenvalue weighted by molar-refractivity contribution is 0.0204. The predicted octanol–water partition coefficient (Wildman–Crippen LogP) is 7.62. The van der Waals surface area contributed by atoms with E-state index in [2.05, 4.69) is 33.6 Å². The van der Waals surface area contributed by atoms with E-state index in [9.17, 15) is 13.2 Å². The van der Waals surface area contributed by atoms with Crippen molar-refractivity contribution in [3.63, 3.8) is 0 Å². The van der Waals surface area contributed by atoms with Gasteiger partial charge in [-0.2, -0.15) is 4.98 Å². The molecular weight excluding hydrogens is 602 g/mol. The summed E-state index contributed by atoms with van der Waals surface area (Å²) in [6.45, 7) is 14.6. The number of para-hydroxylation sites is 1. The summed E-state index contributed by atoms with van der Waals surface area (Å²) < 4.78 is 37.5. The SMILES string of the molecule is CCOc1cc(C2CCN(C(=O)OC(C)(C)C)CC2)c(C)cc1Nc1ncc(Cl)c(Nc2ccccc2S(=O)(=O)C(C)C)n1. The molecule has 2 heterocycles. The monoisotopic (exact) mass is 643 g/mol. The second kappa shape index (κ2) is 13.6. The lowest BCUT2D eigenvalue weighted by Gasteiger charge is -2.34. The number of hydrogen-bond acceptors (Lipinski definition) is 9. The average Bonchev–Trinajstić information content (AvgIpc) is 2.95. The molecule has 1 aliphatic heterocycles. The third-order valence-corrected chi connectivity index (χ3v) is 9.80. The molecule has 2 aromatic carbocycles. The fraction of sp³-hybridized carbons (Fsp3) is 0.469. The number of carbonyl (C=O) groups excluding carboxylic acids is 1. The number of nitrogens with zero attached hydrogens (tertiary/aromatic N) is 3. The number of rotatable bonds is 9. The highest BCUT2D eigenvalue weighted by atomic mass is 35.5. The van der Waals surface area contributed by atoms with Crippen LogP contribution in [0.1, 0.15) is 71.4 Å². The smallest absolute Gasteiger partial charge is 0.410 e. The molecule has 0 bridgehead atoms. The zero-order valence-corrected chi connectivity index (χ0v) is 28.0. The van der Waals surface area contributed by atoms with Crippen LogP contribution in [0.4, 0.5) is 27.9 Å². The average molecular weight is 644 g/mol. The third-order valence-electron chi connectivity index (χ3n) is 7.31. The molecule has 0 unspecified atom stereocenters. The second-order valence-corrected chi connectivity index (χ2v) is 15.0. The Morgan fingerprint density at radius 3 is 2.43 bits per heavy atom. The van der Waals surface area contributed by atoms with Gasteiger partial charge in [0.1, 0.15) is 16.4 Å².